The molecule has 3 rings (SSSR count). The van der Waals surface area contributed by atoms with Crippen LogP contribution in [0.2, 0.25) is 5.02 Å². The second-order valence-corrected chi connectivity index (χ2v) is 6.04. The summed E-state index contributed by atoms with van der Waals surface area (Å²) in [7, 11) is 0. The molecule has 0 atom stereocenters. The first-order chi connectivity index (χ1) is 11.4. The molecule has 0 spiro atoms. The fraction of sp³-hybridized carbons (Fsp3) is 0.312. The van der Waals surface area contributed by atoms with Gasteiger partial charge in [0.1, 0.15) is 11.6 Å². The molecule has 0 saturated carbocycles. The predicted octanol–water partition coefficient (Wildman–Crippen LogP) is 2.12. The molecule has 24 heavy (non-hydrogen) atoms. The predicted molar refractivity (Wildman–Crippen MR) is 90.7 cm³/mol. The van der Waals surface area contributed by atoms with Crippen molar-refractivity contribution in [3.63, 3.8) is 0 Å². The van der Waals surface area contributed by atoms with Gasteiger partial charge in [-0.1, -0.05) is 11.6 Å². The second-order valence-electron chi connectivity index (χ2n) is 5.63. The van der Waals surface area contributed by atoms with Crippen LogP contribution < -0.4 is 10.6 Å². The van der Waals surface area contributed by atoms with Crippen molar-refractivity contribution in [2.75, 3.05) is 36.8 Å². The zero-order valence-corrected chi connectivity index (χ0v) is 13.9. The Morgan fingerprint density at radius 2 is 1.92 bits per heavy atom. The van der Waals surface area contributed by atoms with E-state index >= 15 is 0 Å². The number of carbonyl (C=O) groups is 1. The highest BCUT2D eigenvalue weighted by Crippen LogP contribution is 2.21. The third-order valence-corrected chi connectivity index (χ3v) is 4.22. The van der Waals surface area contributed by atoms with Crippen LogP contribution in [0, 0.1) is 12.7 Å². The van der Waals surface area contributed by atoms with E-state index in [-0.39, 0.29) is 16.9 Å². The minimum atomic E-state index is -0.460. The minimum Gasteiger partial charge on any atom is -0.368 e. The maximum atomic E-state index is 13.1. The number of aryl methyl sites for hydroxylation is 1. The van der Waals surface area contributed by atoms with Crippen LogP contribution in [0.25, 0.3) is 0 Å². The molecule has 1 aliphatic heterocycles. The Morgan fingerprint density at radius 3 is 2.54 bits per heavy atom. The van der Waals surface area contributed by atoms with E-state index in [9.17, 15) is 9.18 Å². The summed E-state index contributed by atoms with van der Waals surface area (Å²) >= 11 is 5.97. The van der Waals surface area contributed by atoms with E-state index in [2.05, 4.69) is 14.9 Å². The Hall–Kier alpha value is -2.41. The van der Waals surface area contributed by atoms with Gasteiger partial charge in [-0.2, -0.15) is 4.98 Å². The molecule has 2 aromatic rings. The third kappa shape index (κ3) is 3.41. The topological polar surface area (TPSA) is 75.3 Å². The zero-order valence-electron chi connectivity index (χ0n) is 13.2. The van der Waals surface area contributed by atoms with Gasteiger partial charge in [0.2, 0.25) is 5.95 Å². The Labute approximate surface area is 144 Å². The Bertz CT molecular complexity index is 757. The highest BCUT2D eigenvalue weighted by Gasteiger charge is 2.24. The second kappa shape index (κ2) is 6.60. The van der Waals surface area contributed by atoms with Gasteiger partial charge in [-0.3, -0.25) is 4.79 Å². The van der Waals surface area contributed by atoms with Gasteiger partial charge in [-0.15, -0.1) is 0 Å². The third-order valence-electron chi connectivity index (χ3n) is 3.91. The number of amides is 1. The average molecular weight is 350 g/mol. The van der Waals surface area contributed by atoms with Crippen LogP contribution in [0.4, 0.5) is 16.2 Å². The summed E-state index contributed by atoms with van der Waals surface area (Å²) in [5.74, 6) is 0.338. The quantitative estimate of drug-likeness (QED) is 0.898. The van der Waals surface area contributed by atoms with Crippen LogP contribution in [-0.2, 0) is 0 Å². The van der Waals surface area contributed by atoms with E-state index < -0.39 is 5.82 Å². The van der Waals surface area contributed by atoms with Crippen molar-refractivity contribution < 1.29 is 9.18 Å². The van der Waals surface area contributed by atoms with Crippen molar-refractivity contribution in [3.05, 3.63) is 46.4 Å². The van der Waals surface area contributed by atoms with E-state index in [4.69, 9.17) is 17.3 Å². The molecule has 0 bridgehead atoms. The number of carbonyl (C=O) groups excluding carboxylic acids is 1. The monoisotopic (exact) mass is 349 g/mol. The number of nitrogen functional groups attached to an aromatic ring is 1. The van der Waals surface area contributed by atoms with E-state index in [0.717, 1.165) is 17.6 Å². The Kier molecular flexibility index (Phi) is 4.53. The first kappa shape index (κ1) is 16.4. The summed E-state index contributed by atoms with van der Waals surface area (Å²) in [5.41, 5.74) is 6.80. The smallest absolute Gasteiger partial charge is 0.255 e. The van der Waals surface area contributed by atoms with Crippen LogP contribution >= 0.6 is 11.6 Å². The van der Waals surface area contributed by atoms with Gasteiger partial charge in [0.05, 0.1) is 10.6 Å². The highest BCUT2D eigenvalue weighted by molar-refractivity contribution is 6.33. The first-order valence-corrected chi connectivity index (χ1v) is 7.92. The fourth-order valence-electron chi connectivity index (χ4n) is 2.71. The lowest BCUT2D eigenvalue weighted by atomic mass is 10.1. The number of nitrogens with two attached hydrogens (primary N) is 1. The van der Waals surface area contributed by atoms with E-state index in [0.29, 0.717) is 31.7 Å². The van der Waals surface area contributed by atoms with Gasteiger partial charge in [-0.05, 0) is 25.1 Å². The summed E-state index contributed by atoms with van der Waals surface area (Å²) in [6.07, 6.45) is 0. The summed E-state index contributed by atoms with van der Waals surface area (Å²) < 4.78 is 13.1. The molecule has 6 nitrogen and oxygen atoms in total. The lowest BCUT2D eigenvalue weighted by Crippen LogP contribution is -2.49. The number of hydrogen-bond acceptors (Lipinski definition) is 5. The summed E-state index contributed by atoms with van der Waals surface area (Å²) in [6, 6.07) is 5.67. The number of hydrogen-bond donors (Lipinski definition) is 1. The van der Waals surface area contributed by atoms with Crippen molar-refractivity contribution >= 4 is 29.3 Å². The fourth-order valence-corrected chi connectivity index (χ4v) is 2.96. The average Bonchev–Trinajstić information content (AvgIpc) is 2.53. The summed E-state index contributed by atoms with van der Waals surface area (Å²) in [4.78, 5) is 24.6. The minimum absolute atomic E-state index is 0.127. The van der Waals surface area contributed by atoms with Gasteiger partial charge in [0.15, 0.2) is 0 Å². The molecule has 0 aliphatic carbocycles. The van der Waals surface area contributed by atoms with Crippen LogP contribution in [0.1, 0.15) is 16.1 Å². The van der Waals surface area contributed by atoms with Crippen molar-refractivity contribution in [3.8, 4) is 0 Å². The Morgan fingerprint density at radius 1 is 1.21 bits per heavy atom. The number of piperazine rings is 1. The Balaban J connectivity index is 1.69. The van der Waals surface area contributed by atoms with Crippen LogP contribution in [0.5, 0.6) is 0 Å². The molecule has 8 heteroatoms. The first-order valence-electron chi connectivity index (χ1n) is 7.54. The van der Waals surface area contributed by atoms with Crippen molar-refractivity contribution in [2.45, 2.75) is 6.92 Å². The van der Waals surface area contributed by atoms with Gasteiger partial charge >= 0.3 is 0 Å². The number of rotatable bonds is 2. The molecule has 2 heterocycles. The van der Waals surface area contributed by atoms with Gasteiger partial charge in [0.25, 0.3) is 5.91 Å². The van der Waals surface area contributed by atoms with E-state index in [1.54, 1.807) is 4.90 Å². The molecule has 0 radical (unpaired) electrons. The number of halogens is 2. The molecular weight excluding hydrogens is 333 g/mol. The molecule has 1 amide bonds. The molecule has 126 valence electrons. The number of aromatic nitrogens is 2. The van der Waals surface area contributed by atoms with Crippen molar-refractivity contribution in [1.82, 2.24) is 14.9 Å². The lowest BCUT2D eigenvalue weighted by Gasteiger charge is -2.35. The molecule has 1 aromatic carbocycles. The zero-order chi connectivity index (χ0) is 17.3. The molecule has 2 N–H and O–H groups in total. The van der Waals surface area contributed by atoms with Crippen LogP contribution in [0.3, 0.4) is 0 Å². The maximum absolute atomic E-state index is 13.1. The number of anilines is 2. The van der Waals surface area contributed by atoms with Gasteiger partial charge in [-0.25, -0.2) is 9.37 Å². The highest BCUT2D eigenvalue weighted by atomic mass is 35.5. The molecule has 1 aromatic heterocycles. The maximum Gasteiger partial charge on any atom is 0.255 e. The molecule has 0 unspecified atom stereocenters. The standard InChI is InChI=1S/C16H17ClFN5O/c1-10-8-14(21-16(19)20-10)22-4-6-23(7-5-22)15(24)12-3-2-11(18)9-13(12)17/h2-3,8-9H,4-7H2,1H3,(H2,19,20,21). The van der Waals surface area contributed by atoms with Crippen molar-refractivity contribution in [1.29, 1.82) is 0 Å². The van der Waals surface area contributed by atoms with Gasteiger partial charge < -0.3 is 15.5 Å². The van der Waals surface area contributed by atoms with E-state index in [1.165, 1.54) is 12.1 Å². The largest absolute Gasteiger partial charge is 0.368 e. The normalized spacial score (nSPS) is 14.8. The van der Waals surface area contributed by atoms with Crippen LogP contribution in [0.15, 0.2) is 24.3 Å². The molecule has 1 saturated heterocycles. The molecule has 1 aliphatic rings. The molecule has 1 fully saturated rings. The summed E-state index contributed by atoms with van der Waals surface area (Å²) in [6.45, 7) is 4.16. The van der Waals surface area contributed by atoms with Crippen molar-refractivity contribution in [2.24, 2.45) is 0 Å². The number of benzene rings is 1. The lowest BCUT2D eigenvalue weighted by molar-refractivity contribution is 0.0746. The summed E-state index contributed by atoms with van der Waals surface area (Å²) in [5, 5.41) is 0.127. The van der Waals surface area contributed by atoms with Gasteiger partial charge in [0, 0.05) is 37.9 Å². The SMILES string of the molecule is Cc1cc(N2CCN(C(=O)c3ccc(F)cc3Cl)CC2)nc(N)n1. The van der Waals surface area contributed by atoms with E-state index in [1.807, 2.05) is 13.0 Å². The number of nitrogens with zero attached hydrogens (tertiary/aromatic N) is 4. The molecular formula is C16H17ClFN5O. The van der Waals surface area contributed by atoms with Crippen LogP contribution in [-0.4, -0.2) is 47.0 Å².